The minimum Gasteiger partial charge on any atom is -0.481 e. The first-order valence-electron chi connectivity index (χ1n) is 8.57. The van der Waals surface area contributed by atoms with Crippen LogP contribution in [0.2, 0.25) is 5.02 Å². The minimum absolute atomic E-state index is 0.0705. The molecule has 4 nitrogen and oxygen atoms in total. The van der Waals surface area contributed by atoms with Crippen LogP contribution >= 0.6 is 11.6 Å². The van der Waals surface area contributed by atoms with Crippen LogP contribution < -0.4 is 10.1 Å². The second kappa shape index (κ2) is 8.52. The monoisotopic (exact) mass is 377 g/mol. The second-order valence-corrected chi connectivity index (χ2v) is 6.83. The molecule has 0 atom stereocenters. The first-order chi connectivity index (χ1) is 12.6. The Labute approximate surface area is 157 Å². The van der Waals surface area contributed by atoms with Crippen molar-refractivity contribution in [3.63, 3.8) is 0 Å². The van der Waals surface area contributed by atoms with E-state index in [1.54, 1.807) is 12.1 Å². The van der Waals surface area contributed by atoms with Gasteiger partial charge in [0.1, 0.15) is 0 Å². The van der Waals surface area contributed by atoms with E-state index in [1.807, 2.05) is 24.3 Å². The maximum absolute atomic E-state index is 13.6. The van der Waals surface area contributed by atoms with Gasteiger partial charge in [0.05, 0.1) is 0 Å². The number of ether oxygens (including phenoxy) is 2. The summed E-state index contributed by atoms with van der Waals surface area (Å²) < 4.78 is 24.3. The number of carbonyl (C=O) groups excluding carboxylic acids is 1. The fourth-order valence-corrected chi connectivity index (χ4v) is 3.28. The molecule has 0 unspecified atom stereocenters. The lowest BCUT2D eigenvalue weighted by atomic mass is 9.74. The number of nitrogens with one attached hydrogen (secondary N) is 1. The summed E-state index contributed by atoms with van der Waals surface area (Å²) >= 11 is 5.99. The highest BCUT2D eigenvalue weighted by molar-refractivity contribution is 6.30. The van der Waals surface area contributed by atoms with Gasteiger partial charge in [0.15, 0.2) is 18.2 Å². The summed E-state index contributed by atoms with van der Waals surface area (Å²) in [5.74, 6) is -0.698. The molecule has 1 saturated heterocycles. The molecule has 1 amide bonds. The zero-order chi connectivity index (χ0) is 18.4. The Morgan fingerprint density at radius 2 is 1.85 bits per heavy atom. The van der Waals surface area contributed by atoms with Crippen LogP contribution in [0.1, 0.15) is 18.4 Å². The molecule has 1 fully saturated rings. The Hall–Kier alpha value is -2.11. The molecule has 6 heteroatoms. The van der Waals surface area contributed by atoms with Gasteiger partial charge in [-0.25, -0.2) is 4.39 Å². The fourth-order valence-electron chi connectivity index (χ4n) is 3.16. The van der Waals surface area contributed by atoms with E-state index in [-0.39, 0.29) is 23.7 Å². The SMILES string of the molecule is O=C(COc1ccccc1F)NCC1(c2ccc(Cl)cc2)CCOCC1. The van der Waals surface area contributed by atoms with Crippen molar-refractivity contribution in [3.8, 4) is 5.75 Å². The van der Waals surface area contributed by atoms with Gasteiger partial charge in [-0.2, -0.15) is 0 Å². The lowest BCUT2D eigenvalue weighted by Crippen LogP contribution is -2.45. The minimum atomic E-state index is -0.484. The van der Waals surface area contributed by atoms with Crippen LogP contribution in [-0.2, 0) is 14.9 Å². The molecular formula is C20H21ClFNO3. The Morgan fingerprint density at radius 1 is 1.15 bits per heavy atom. The molecule has 2 aromatic carbocycles. The average molecular weight is 378 g/mol. The third-order valence-corrected chi connectivity index (χ3v) is 4.98. The van der Waals surface area contributed by atoms with E-state index in [2.05, 4.69) is 5.32 Å². The maximum atomic E-state index is 13.6. The third kappa shape index (κ3) is 4.54. The molecule has 3 rings (SSSR count). The molecule has 0 aliphatic carbocycles. The summed E-state index contributed by atoms with van der Waals surface area (Å²) in [7, 11) is 0. The number of carbonyl (C=O) groups is 1. The first-order valence-corrected chi connectivity index (χ1v) is 8.95. The van der Waals surface area contributed by atoms with Crippen molar-refractivity contribution in [2.24, 2.45) is 0 Å². The van der Waals surface area contributed by atoms with Gasteiger partial charge in [0.2, 0.25) is 0 Å². The van der Waals surface area contributed by atoms with Gasteiger partial charge in [-0.1, -0.05) is 35.9 Å². The summed E-state index contributed by atoms with van der Waals surface area (Å²) in [6, 6.07) is 13.7. The Morgan fingerprint density at radius 3 is 2.54 bits per heavy atom. The van der Waals surface area contributed by atoms with Crippen LogP contribution in [0.15, 0.2) is 48.5 Å². The zero-order valence-corrected chi connectivity index (χ0v) is 15.1. The van der Waals surface area contributed by atoms with E-state index in [4.69, 9.17) is 21.1 Å². The van der Waals surface area contributed by atoms with E-state index < -0.39 is 5.82 Å². The van der Waals surface area contributed by atoms with Crippen molar-refractivity contribution >= 4 is 17.5 Å². The summed E-state index contributed by atoms with van der Waals surface area (Å²) in [5.41, 5.74) is 0.928. The molecule has 1 aliphatic rings. The number of amides is 1. The van der Waals surface area contributed by atoms with Crippen LogP contribution in [0.5, 0.6) is 5.75 Å². The van der Waals surface area contributed by atoms with Crippen molar-refractivity contribution in [3.05, 3.63) is 64.9 Å². The van der Waals surface area contributed by atoms with E-state index in [1.165, 1.54) is 12.1 Å². The van der Waals surface area contributed by atoms with Crippen LogP contribution in [0.4, 0.5) is 4.39 Å². The topological polar surface area (TPSA) is 47.6 Å². The van der Waals surface area contributed by atoms with Crippen LogP contribution in [0, 0.1) is 5.82 Å². The van der Waals surface area contributed by atoms with Gasteiger partial charge < -0.3 is 14.8 Å². The predicted octanol–water partition coefficient (Wildman–Crippen LogP) is 3.72. The normalized spacial score (nSPS) is 16.1. The molecule has 26 heavy (non-hydrogen) atoms. The van der Waals surface area contributed by atoms with E-state index in [9.17, 15) is 9.18 Å². The molecule has 1 aliphatic heterocycles. The van der Waals surface area contributed by atoms with Crippen molar-refractivity contribution in [2.75, 3.05) is 26.4 Å². The molecule has 138 valence electrons. The number of rotatable bonds is 6. The molecule has 1 heterocycles. The Kier molecular flexibility index (Phi) is 6.12. The fraction of sp³-hybridized carbons (Fsp3) is 0.350. The van der Waals surface area contributed by atoms with Gasteiger partial charge in [-0.3, -0.25) is 4.79 Å². The summed E-state index contributed by atoms with van der Waals surface area (Å²) in [5, 5.41) is 3.60. The summed E-state index contributed by atoms with van der Waals surface area (Å²) in [6.45, 7) is 1.53. The van der Waals surface area contributed by atoms with E-state index >= 15 is 0 Å². The molecule has 0 bridgehead atoms. The quantitative estimate of drug-likeness (QED) is 0.834. The number of benzene rings is 2. The van der Waals surface area contributed by atoms with Gasteiger partial charge in [0.25, 0.3) is 5.91 Å². The Balaban J connectivity index is 1.61. The van der Waals surface area contributed by atoms with Gasteiger partial charge >= 0.3 is 0 Å². The van der Waals surface area contributed by atoms with E-state index in [0.717, 1.165) is 18.4 Å². The molecule has 0 radical (unpaired) electrons. The van der Waals surface area contributed by atoms with Crippen LogP contribution in [0.25, 0.3) is 0 Å². The highest BCUT2D eigenvalue weighted by Crippen LogP contribution is 2.34. The summed E-state index contributed by atoms with van der Waals surface area (Å²) in [6.07, 6.45) is 1.62. The van der Waals surface area contributed by atoms with Crippen molar-refractivity contribution in [2.45, 2.75) is 18.3 Å². The molecule has 1 N–H and O–H groups in total. The third-order valence-electron chi connectivity index (χ3n) is 4.73. The predicted molar refractivity (Wildman–Crippen MR) is 98.1 cm³/mol. The largest absolute Gasteiger partial charge is 0.481 e. The smallest absolute Gasteiger partial charge is 0.257 e. The molecule has 0 aromatic heterocycles. The molecule has 0 spiro atoms. The van der Waals surface area contributed by atoms with Gasteiger partial charge in [-0.15, -0.1) is 0 Å². The molecule has 0 saturated carbocycles. The molecule has 2 aromatic rings. The highest BCUT2D eigenvalue weighted by atomic mass is 35.5. The van der Waals surface area contributed by atoms with Crippen LogP contribution in [-0.4, -0.2) is 32.3 Å². The van der Waals surface area contributed by atoms with Gasteiger partial charge in [0, 0.05) is 30.2 Å². The van der Waals surface area contributed by atoms with Gasteiger partial charge in [-0.05, 0) is 42.7 Å². The Bertz CT molecular complexity index is 745. The standard InChI is InChI=1S/C20H21ClFNO3/c21-16-7-5-15(6-8-16)20(9-11-25-12-10-20)14-23-19(24)13-26-18-4-2-1-3-17(18)22/h1-8H,9-14H2,(H,23,24). The zero-order valence-electron chi connectivity index (χ0n) is 14.3. The number of para-hydroxylation sites is 1. The molecular weight excluding hydrogens is 357 g/mol. The number of hydrogen-bond acceptors (Lipinski definition) is 3. The average Bonchev–Trinajstić information content (AvgIpc) is 2.67. The van der Waals surface area contributed by atoms with Crippen molar-refractivity contribution in [1.29, 1.82) is 0 Å². The summed E-state index contributed by atoms with van der Waals surface area (Å²) in [4.78, 5) is 12.2. The van der Waals surface area contributed by atoms with Crippen LogP contribution in [0.3, 0.4) is 0 Å². The highest BCUT2D eigenvalue weighted by Gasteiger charge is 2.34. The first kappa shape index (κ1) is 18.7. The lowest BCUT2D eigenvalue weighted by molar-refractivity contribution is -0.123. The second-order valence-electron chi connectivity index (χ2n) is 6.40. The number of hydrogen-bond donors (Lipinski definition) is 1. The van der Waals surface area contributed by atoms with Crippen molar-refractivity contribution < 1.29 is 18.7 Å². The van der Waals surface area contributed by atoms with E-state index in [0.29, 0.717) is 24.8 Å². The lowest BCUT2D eigenvalue weighted by Gasteiger charge is -2.38. The maximum Gasteiger partial charge on any atom is 0.257 e. The number of halogens is 2. The van der Waals surface area contributed by atoms with Crippen molar-refractivity contribution in [1.82, 2.24) is 5.32 Å².